The number of carbonyl (C=O) groups excluding carboxylic acids is 1. The fraction of sp³-hybridized carbons (Fsp3) is 0.389. The first-order valence-corrected chi connectivity index (χ1v) is 8.99. The van der Waals surface area contributed by atoms with Gasteiger partial charge in [0.1, 0.15) is 18.2 Å². The molecular formula is C18H20N7O+. The Balaban J connectivity index is 1.62. The molecule has 0 saturated heterocycles. The summed E-state index contributed by atoms with van der Waals surface area (Å²) >= 11 is 0. The van der Waals surface area contributed by atoms with Gasteiger partial charge in [-0.1, -0.05) is 0 Å². The van der Waals surface area contributed by atoms with Gasteiger partial charge in [0.15, 0.2) is 0 Å². The van der Waals surface area contributed by atoms with Crippen molar-refractivity contribution in [1.82, 2.24) is 20.1 Å². The smallest absolute Gasteiger partial charge is 0.319 e. The molecule has 1 aliphatic heterocycles. The van der Waals surface area contributed by atoms with Crippen molar-refractivity contribution in [3.05, 3.63) is 24.3 Å². The molecular weight excluding hydrogens is 330 g/mol. The number of fused-ring (bicyclic) bond motifs is 2. The molecule has 1 amide bonds. The summed E-state index contributed by atoms with van der Waals surface area (Å²) in [5.74, 6) is 3.38. The number of aromatic nitrogens is 5. The molecule has 1 aliphatic carbocycles. The Morgan fingerprint density at radius 1 is 1.27 bits per heavy atom. The van der Waals surface area contributed by atoms with Gasteiger partial charge in [-0.05, 0) is 30.3 Å². The minimum Gasteiger partial charge on any atom is -0.373 e. The number of pyridine rings is 2. The first-order valence-electron chi connectivity index (χ1n) is 8.99. The van der Waals surface area contributed by atoms with E-state index in [9.17, 15) is 4.79 Å². The van der Waals surface area contributed by atoms with Crippen LogP contribution in [0.2, 0.25) is 0 Å². The molecule has 26 heavy (non-hydrogen) atoms. The number of nitrogens with zero attached hydrogens (tertiary/aromatic N) is 4. The highest BCUT2D eigenvalue weighted by atomic mass is 16.2. The van der Waals surface area contributed by atoms with Crippen molar-refractivity contribution in [3.63, 3.8) is 0 Å². The SMILES string of the molecule is CNc1ncc(-c2nc3[n+]([nH]2)CCC3)c2cc(NC(=O)C3CC3)ncc12. The summed E-state index contributed by atoms with van der Waals surface area (Å²) in [7, 11) is 1.83. The fourth-order valence-corrected chi connectivity index (χ4v) is 3.46. The molecule has 8 nitrogen and oxygen atoms in total. The lowest BCUT2D eigenvalue weighted by atomic mass is 10.1. The third-order valence-electron chi connectivity index (χ3n) is 5.04. The van der Waals surface area contributed by atoms with Crippen LogP contribution >= 0.6 is 0 Å². The maximum Gasteiger partial charge on any atom is 0.319 e. The minimum absolute atomic E-state index is 0.0498. The van der Waals surface area contributed by atoms with Crippen molar-refractivity contribution in [2.45, 2.75) is 32.2 Å². The van der Waals surface area contributed by atoms with Crippen molar-refractivity contribution < 1.29 is 9.48 Å². The summed E-state index contributed by atoms with van der Waals surface area (Å²) in [6.07, 6.45) is 7.61. The average Bonchev–Trinajstić information content (AvgIpc) is 3.29. The minimum atomic E-state index is 0.0498. The topological polar surface area (TPSA) is 99.5 Å². The average molecular weight is 350 g/mol. The van der Waals surface area contributed by atoms with E-state index >= 15 is 0 Å². The largest absolute Gasteiger partial charge is 0.373 e. The number of hydrogen-bond acceptors (Lipinski definition) is 5. The van der Waals surface area contributed by atoms with Gasteiger partial charge in [-0.25, -0.2) is 9.97 Å². The standard InChI is InChI=1S/C18H19N7O/c1-19-16-12-8-20-14(22-18(26)10-4-5-10)7-11(12)13(9-21-16)17-23-15-3-2-6-25(15)24-17/h7-10H,2-6H2,1H3,(H2,19,20,21,22,24,26)/p+1. The molecule has 0 radical (unpaired) electrons. The molecule has 1 fully saturated rings. The predicted molar refractivity (Wildman–Crippen MR) is 96.5 cm³/mol. The first kappa shape index (κ1) is 15.2. The van der Waals surface area contributed by atoms with E-state index in [1.165, 1.54) is 0 Å². The van der Waals surface area contributed by atoms with Gasteiger partial charge in [0, 0.05) is 36.1 Å². The van der Waals surface area contributed by atoms with Crippen molar-refractivity contribution in [2.75, 3.05) is 17.7 Å². The number of carbonyl (C=O) groups is 1. The predicted octanol–water partition coefficient (Wildman–Crippen LogP) is 1.64. The maximum absolute atomic E-state index is 12.1. The van der Waals surface area contributed by atoms with Crippen LogP contribution in [0, 0.1) is 5.92 Å². The normalized spacial score (nSPS) is 15.9. The van der Waals surface area contributed by atoms with Crippen LogP contribution in [0.3, 0.4) is 0 Å². The number of nitrogens with one attached hydrogen (secondary N) is 3. The fourth-order valence-electron chi connectivity index (χ4n) is 3.46. The molecule has 5 rings (SSSR count). The lowest BCUT2D eigenvalue weighted by Crippen LogP contribution is -2.34. The molecule has 4 heterocycles. The number of aryl methyl sites for hydroxylation is 2. The number of H-pyrrole nitrogens is 1. The third-order valence-corrected chi connectivity index (χ3v) is 5.04. The summed E-state index contributed by atoms with van der Waals surface area (Å²) in [4.78, 5) is 25.7. The van der Waals surface area contributed by atoms with E-state index in [2.05, 4.69) is 30.4 Å². The summed E-state index contributed by atoms with van der Waals surface area (Å²) < 4.78 is 2.09. The maximum atomic E-state index is 12.1. The van der Waals surface area contributed by atoms with E-state index in [1.807, 2.05) is 19.3 Å². The molecule has 2 aliphatic rings. The number of anilines is 2. The number of amides is 1. The highest BCUT2D eigenvalue weighted by molar-refractivity contribution is 6.03. The Bertz CT molecular complexity index is 1000. The highest BCUT2D eigenvalue weighted by Gasteiger charge is 2.30. The van der Waals surface area contributed by atoms with E-state index in [-0.39, 0.29) is 11.8 Å². The van der Waals surface area contributed by atoms with Gasteiger partial charge in [0.05, 0.1) is 12.0 Å². The molecule has 8 heteroatoms. The molecule has 132 valence electrons. The molecule has 3 aromatic rings. The summed E-state index contributed by atoms with van der Waals surface area (Å²) in [6, 6.07) is 1.91. The van der Waals surface area contributed by atoms with Crippen molar-refractivity contribution >= 4 is 28.3 Å². The van der Waals surface area contributed by atoms with Gasteiger partial charge in [0.2, 0.25) is 5.91 Å². The van der Waals surface area contributed by atoms with Crippen LogP contribution in [-0.4, -0.2) is 33.0 Å². The summed E-state index contributed by atoms with van der Waals surface area (Å²) in [6.45, 7) is 0.965. The first-order chi connectivity index (χ1) is 12.7. The van der Waals surface area contributed by atoms with E-state index in [4.69, 9.17) is 4.98 Å². The molecule has 1 saturated carbocycles. The molecule has 0 spiro atoms. The van der Waals surface area contributed by atoms with E-state index in [0.29, 0.717) is 5.82 Å². The molecule has 0 unspecified atom stereocenters. The van der Waals surface area contributed by atoms with Crippen LogP contribution in [-0.2, 0) is 17.8 Å². The molecule has 3 aromatic heterocycles. The lowest BCUT2D eigenvalue weighted by molar-refractivity contribution is -0.745. The summed E-state index contributed by atoms with van der Waals surface area (Å²) in [5.41, 5.74) is 0.908. The van der Waals surface area contributed by atoms with Crippen LogP contribution in [0.4, 0.5) is 11.6 Å². The second-order valence-corrected chi connectivity index (χ2v) is 6.89. The Kier molecular flexibility index (Phi) is 3.37. The monoisotopic (exact) mass is 350 g/mol. The molecule has 0 atom stereocenters. The van der Waals surface area contributed by atoms with Gasteiger partial charge in [-0.15, -0.1) is 0 Å². The van der Waals surface area contributed by atoms with Crippen LogP contribution in [0.25, 0.3) is 22.2 Å². The van der Waals surface area contributed by atoms with Crippen molar-refractivity contribution in [3.8, 4) is 11.4 Å². The van der Waals surface area contributed by atoms with Gasteiger partial charge in [-0.2, -0.15) is 9.78 Å². The van der Waals surface area contributed by atoms with E-state index < -0.39 is 0 Å². The van der Waals surface area contributed by atoms with Gasteiger partial charge < -0.3 is 10.6 Å². The number of hydrogen-bond donors (Lipinski definition) is 3. The lowest BCUT2D eigenvalue weighted by Gasteiger charge is -2.09. The molecule has 3 N–H and O–H groups in total. The Morgan fingerprint density at radius 3 is 2.92 bits per heavy atom. The highest BCUT2D eigenvalue weighted by Crippen LogP contribution is 2.33. The van der Waals surface area contributed by atoms with Crippen LogP contribution in [0.1, 0.15) is 25.1 Å². The third kappa shape index (κ3) is 2.49. The van der Waals surface area contributed by atoms with Crippen LogP contribution < -0.4 is 15.3 Å². The van der Waals surface area contributed by atoms with Gasteiger partial charge in [-0.3, -0.25) is 4.79 Å². The Labute approximate surface area is 150 Å². The summed E-state index contributed by atoms with van der Waals surface area (Å²) in [5, 5.41) is 11.2. The second kappa shape index (κ2) is 5.76. The van der Waals surface area contributed by atoms with Gasteiger partial charge in [0.25, 0.3) is 5.82 Å². The zero-order valence-electron chi connectivity index (χ0n) is 14.5. The zero-order chi connectivity index (χ0) is 17.7. The number of aromatic amines is 1. The molecule has 0 bridgehead atoms. The Hall–Kier alpha value is -3.03. The van der Waals surface area contributed by atoms with Gasteiger partial charge >= 0.3 is 5.82 Å². The zero-order valence-corrected chi connectivity index (χ0v) is 14.5. The van der Waals surface area contributed by atoms with Crippen LogP contribution in [0.15, 0.2) is 18.5 Å². The number of rotatable bonds is 4. The van der Waals surface area contributed by atoms with Crippen molar-refractivity contribution in [1.29, 1.82) is 0 Å². The quantitative estimate of drug-likeness (QED) is 0.621. The van der Waals surface area contributed by atoms with E-state index in [1.54, 1.807) is 6.20 Å². The Morgan fingerprint density at radius 2 is 2.15 bits per heavy atom. The molecule has 0 aromatic carbocycles. The van der Waals surface area contributed by atoms with E-state index in [0.717, 1.165) is 66.0 Å². The second-order valence-electron chi connectivity index (χ2n) is 6.89. The van der Waals surface area contributed by atoms with Crippen LogP contribution in [0.5, 0.6) is 0 Å². The van der Waals surface area contributed by atoms with Crippen molar-refractivity contribution in [2.24, 2.45) is 5.92 Å².